The normalized spacial score (nSPS) is 11.3. The fourth-order valence-corrected chi connectivity index (χ4v) is 1.01. The zero-order valence-electron chi connectivity index (χ0n) is 8.89. The van der Waals surface area contributed by atoms with E-state index in [4.69, 9.17) is 11.5 Å². The summed E-state index contributed by atoms with van der Waals surface area (Å²) in [4.78, 5) is 0. The molecule has 0 amide bonds. The maximum atomic E-state index is 7.46. The Morgan fingerprint density at radius 1 is 1.29 bits per heavy atom. The van der Waals surface area contributed by atoms with Crippen molar-refractivity contribution in [3.63, 3.8) is 0 Å². The standard InChI is InChI=1S/C10H14N3.K/c1-7-3-5-8(6-4-7)9(11)10(12)13-2;/h3-6,12-13H,11H2,1-2H3;/q-1;+1/b10-9+;. The predicted octanol–water partition coefficient (Wildman–Crippen LogP) is -1.14. The molecule has 0 fully saturated rings. The van der Waals surface area contributed by atoms with E-state index >= 15 is 0 Å². The molecule has 0 spiro atoms. The van der Waals surface area contributed by atoms with Crippen molar-refractivity contribution in [3.05, 3.63) is 46.9 Å². The molecule has 0 heterocycles. The average molecular weight is 215 g/mol. The first-order valence-corrected chi connectivity index (χ1v) is 4.11. The summed E-state index contributed by atoms with van der Waals surface area (Å²) in [5.41, 5.74) is 15.7. The van der Waals surface area contributed by atoms with E-state index in [0.29, 0.717) is 5.70 Å². The zero-order valence-corrected chi connectivity index (χ0v) is 12.0. The molecule has 0 aromatic heterocycles. The van der Waals surface area contributed by atoms with Crippen LogP contribution in [0.3, 0.4) is 0 Å². The van der Waals surface area contributed by atoms with E-state index in [2.05, 4.69) is 5.32 Å². The van der Waals surface area contributed by atoms with Gasteiger partial charge in [0.25, 0.3) is 0 Å². The third-order valence-electron chi connectivity index (χ3n) is 1.88. The Kier molecular flexibility index (Phi) is 6.47. The summed E-state index contributed by atoms with van der Waals surface area (Å²) < 4.78 is 0. The van der Waals surface area contributed by atoms with Crippen LogP contribution in [0.5, 0.6) is 0 Å². The molecule has 0 unspecified atom stereocenters. The number of benzene rings is 1. The molecule has 1 aromatic carbocycles. The van der Waals surface area contributed by atoms with Crippen LogP contribution in [0.1, 0.15) is 11.1 Å². The van der Waals surface area contributed by atoms with Gasteiger partial charge >= 0.3 is 51.4 Å². The Morgan fingerprint density at radius 2 is 1.79 bits per heavy atom. The Balaban J connectivity index is 0.00000169. The summed E-state index contributed by atoms with van der Waals surface area (Å²) >= 11 is 0. The van der Waals surface area contributed by atoms with Crippen LogP contribution in [0.15, 0.2) is 30.1 Å². The van der Waals surface area contributed by atoms with E-state index in [0.717, 1.165) is 5.56 Å². The molecule has 0 saturated heterocycles. The molecule has 4 heteroatoms. The molecule has 0 bridgehead atoms. The van der Waals surface area contributed by atoms with Gasteiger partial charge in [0.1, 0.15) is 0 Å². The molecule has 0 atom stereocenters. The summed E-state index contributed by atoms with van der Waals surface area (Å²) in [7, 11) is 1.68. The topological polar surface area (TPSA) is 61.8 Å². The van der Waals surface area contributed by atoms with Crippen molar-refractivity contribution in [2.75, 3.05) is 7.05 Å². The number of nitrogens with two attached hydrogens (primary N) is 1. The molecule has 1 rings (SSSR count). The van der Waals surface area contributed by atoms with Gasteiger partial charge in [0, 0.05) is 5.70 Å². The van der Waals surface area contributed by atoms with Crippen LogP contribution in [-0.2, 0) is 0 Å². The van der Waals surface area contributed by atoms with Crippen LogP contribution in [0.25, 0.3) is 11.4 Å². The fourth-order valence-electron chi connectivity index (χ4n) is 1.01. The molecule has 0 aliphatic rings. The van der Waals surface area contributed by atoms with Crippen molar-refractivity contribution in [1.29, 1.82) is 0 Å². The maximum absolute atomic E-state index is 7.46. The van der Waals surface area contributed by atoms with E-state index in [1.165, 1.54) is 5.56 Å². The van der Waals surface area contributed by atoms with E-state index in [-0.39, 0.29) is 57.2 Å². The molecule has 0 aliphatic heterocycles. The van der Waals surface area contributed by atoms with Crippen molar-refractivity contribution in [3.8, 4) is 0 Å². The smallest absolute Gasteiger partial charge is 0.483 e. The van der Waals surface area contributed by atoms with Gasteiger partial charge in [-0.15, -0.1) is 0 Å². The summed E-state index contributed by atoms with van der Waals surface area (Å²) in [6.07, 6.45) is 0. The van der Waals surface area contributed by atoms with Crippen LogP contribution in [0.2, 0.25) is 0 Å². The van der Waals surface area contributed by atoms with E-state index in [9.17, 15) is 0 Å². The van der Waals surface area contributed by atoms with E-state index < -0.39 is 0 Å². The van der Waals surface area contributed by atoms with Gasteiger partial charge in [-0.2, -0.15) is 0 Å². The Morgan fingerprint density at radius 3 is 2.21 bits per heavy atom. The first kappa shape index (κ1) is 14.0. The Bertz CT molecular complexity index is 317. The molecular formula is C10H14KN3. The SMILES string of the molecule is CN/C([NH-])=C(/N)c1ccc(C)cc1.[K+]. The summed E-state index contributed by atoms with van der Waals surface area (Å²) in [6, 6.07) is 7.78. The summed E-state index contributed by atoms with van der Waals surface area (Å²) in [5, 5.41) is 2.70. The molecule has 3 nitrogen and oxygen atoms in total. The van der Waals surface area contributed by atoms with Gasteiger partial charge in [-0.3, -0.25) is 0 Å². The van der Waals surface area contributed by atoms with Gasteiger partial charge in [-0.25, -0.2) is 0 Å². The van der Waals surface area contributed by atoms with Crippen LogP contribution in [0, 0.1) is 6.92 Å². The Labute approximate surface area is 127 Å². The van der Waals surface area contributed by atoms with Gasteiger partial charge < -0.3 is 16.8 Å². The molecule has 0 aliphatic carbocycles. The third kappa shape index (κ3) is 3.63. The number of hydrogen-bond acceptors (Lipinski definition) is 2. The van der Waals surface area contributed by atoms with Crippen LogP contribution in [-0.4, -0.2) is 7.05 Å². The molecule has 14 heavy (non-hydrogen) atoms. The maximum Gasteiger partial charge on any atom is 1.00 e. The second kappa shape index (κ2) is 6.47. The fraction of sp³-hybridized carbons (Fsp3) is 0.200. The predicted molar refractivity (Wildman–Crippen MR) is 55.7 cm³/mol. The minimum atomic E-state index is 0. The second-order valence-corrected chi connectivity index (χ2v) is 2.90. The van der Waals surface area contributed by atoms with Crippen molar-refractivity contribution in [2.45, 2.75) is 6.92 Å². The van der Waals surface area contributed by atoms with Gasteiger partial charge in [-0.1, -0.05) is 36.9 Å². The first-order chi connectivity index (χ1) is 6.15. The molecule has 4 N–H and O–H groups in total. The number of aryl methyl sites for hydroxylation is 1. The van der Waals surface area contributed by atoms with Crippen molar-refractivity contribution in [2.24, 2.45) is 5.73 Å². The zero-order chi connectivity index (χ0) is 9.84. The van der Waals surface area contributed by atoms with E-state index in [1.807, 2.05) is 31.2 Å². The van der Waals surface area contributed by atoms with Crippen molar-refractivity contribution >= 4 is 5.70 Å². The van der Waals surface area contributed by atoms with Gasteiger partial charge in [0.05, 0.1) is 0 Å². The summed E-state index contributed by atoms with van der Waals surface area (Å²) in [5.74, 6) is 0.254. The van der Waals surface area contributed by atoms with Crippen LogP contribution >= 0.6 is 0 Å². The number of hydrogen-bond donors (Lipinski definition) is 2. The van der Waals surface area contributed by atoms with Crippen LogP contribution < -0.4 is 62.4 Å². The number of rotatable bonds is 2. The van der Waals surface area contributed by atoms with Crippen molar-refractivity contribution in [1.82, 2.24) is 5.32 Å². The third-order valence-corrected chi connectivity index (χ3v) is 1.88. The quantitative estimate of drug-likeness (QED) is 0.612. The van der Waals surface area contributed by atoms with E-state index in [1.54, 1.807) is 7.05 Å². The first-order valence-electron chi connectivity index (χ1n) is 4.11. The largest absolute Gasteiger partial charge is 1.00 e. The second-order valence-electron chi connectivity index (χ2n) is 2.90. The molecular weight excluding hydrogens is 201 g/mol. The molecule has 0 saturated carbocycles. The van der Waals surface area contributed by atoms with Gasteiger partial charge in [0.15, 0.2) is 0 Å². The van der Waals surface area contributed by atoms with Gasteiger partial charge in [-0.05, 0) is 18.3 Å². The monoisotopic (exact) mass is 215 g/mol. The Hall–Kier alpha value is -0.00364. The summed E-state index contributed by atoms with van der Waals surface area (Å²) in [6.45, 7) is 2.02. The molecule has 1 aromatic rings. The van der Waals surface area contributed by atoms with Crippen molar-refractivity contribution < 1.29 is 51.4 Å². The minimum Gasteiger partial charge on any atom is -0.483 e. The van der Waals surface area contributed by atoms with Gasteiger partial charge in [0.2, 0.25) is 0 Å². The minimum absolute atomic E-state index is 0. The average Bonchev–Trinajstić information content (AvgIpc) is 2.17. The molecule has 0 radical (unpaired) electrons. The molecule has 70 valence electrons. The van der Waals surface area contributed by atoms with Crippen LogP contribution in [0.4, 0.5) is 0 Å². The number of nitrogens with one attached hydrogen (secondary N) is 2.